The molecule has 1 aromatic heterocycles. The Balaban J connectivity index is 2.16. The molecule has 0 atom stereocenters. The van der Waals surface area contributed by atoms with Crippen LogP contribution in [0.2, 0.25) is 0 Å². The number of fused-ring (bicyclic) bond motifs is 1. The van der Waals surface area contributed by atoms with Gasteiger partial charge in [0.2, 0.25) is 5.88 Å². The van der Waals surface area contributed by atoms with E-state index in [1.54, 1.807) is 4.68 Å². The highest BCUT2D eigenvalue weighted by Gasteiger charge is 2.10. The Morgan fingerprint density at radius 1 is 1.47 bits per heavy atom. The Morgan fingerprint density at radius 2 is 2.24 bits per heavy atom. The van der Waals surface area contributed by atoms with Crippen LogP contribution in [-0.4, -0.2) is 28.8 Å². The maximum atomic E-state index is 11.3. The minimum Gasteiger partial charge on any atom is -0.466 e. The fraction of sp³-hybridized carbons (Fsp3) is 0.333. The molecule has 1 N–H and O–H groups in total. The number of hydrogen-bond acceptors (Lipinski definition) is 3. The second kappa shape index (κ2) is 4.86. The van der Waals surface area contributed by atoms with Crippen molar-refractivity contribution in [2.45, 2.75) is 6.92 Å². The highest BCUT2D eigenvalue weighted by molar-refractivity contribution is 5.85. The average molecular weight is 233 g/mol. The molecule has 0 fully saturated rings. The Labute approximate surface area is 99.4 Å². The monoisotopic (exact) mass is 233 g/mol. The molecule has 0 aliphatic heterocycles. The third-order valence-corrected chi connectivity index (χ3v) is 2.44. The van der Waals surface area contributed by atoms with Crippen LogP contribution in [0.25, 0.3) is 10.9 Å². The van der Waals surface area contributed by atoms with Gasteiger partial charge in [-0.25, -0.2) is 0 Å². The van der Waals surface area contributed by atoms with E-state index in [2.05, 4.69) is 10.4 Å². The van der Waals surface area contributed by atoms with Crippen molar-refractivity contribution in [2.75, 3.05) is 13.2 Å². The van der Waals surface area contributed by atoms with Crippen molar-refractivity contribution in [1.29, 1.82) is 0 Å². The van der Waals surface area contributed by atoms with Crippen molar-refractivity contribution < 1.29 is 9.53 Å². The Morgan fingerprint density at radius 3 is 3.00 bits per heavy atom. The Hall–Kier alpha value is -2.04. The fourth-order valence-electron chi connectivity index (χ4n) is 1.67. The third-order valence-electron chi connectivity index (χ3n) is 2.44. The standard InChI is InChI=1S/C12H15N3O2/c1-3-13-11(16)8-17-12-9-6-4-5-7-10(9)15(2)14-12/h4-7H,3,8H2,1-2H3,(H,13,16). The van der Waals surface area contributed by atoms with Gasteiger partial charge in [-0.3, -0.25) is 9.48 Å². The summed E-state index contributed by atoms with van der Waals surface area (Å²) in [6.45, 7) is 2.47. The third kappa shape index (κ3) is 2.38. The number of carbonyl (C=O) groups excluding carboxylic acids is 1. The number of nitrogens with zero attached hydrogens (tertiary/aromatic N) is 2. The molecule has 0 unspecified atom stereocenters. The Kier molecular flexibility index (Phi) is 3.27. The Bertz CT molecular complexity index is 534. The van der Waals surface area contributed by atoms with Crippen LogP contribution < -0.4 is 10.1 Å². The SMILES string of the molecule is CCNC(=O)COc1nn(C)c2ccccc12. The van der Waals surface area contributed by atoms with Crippen molar-refractivity contribution in [1.82, 2.24) is 15.1 Å². The van der Waals surface area contributed by atoms with Crippen molar-refractivity contribution in [3.63, 3.8) is 0 Å². The predicted molar refractivity (Wildman–Crippen MR) is 64.9 cm³/mol. The topological polar surface area (TPSA) is 56.1 Å². The quantitative estimate of drug-likeness (QED) is 0.860. The molecule has 17 heavy (non-hydrogen) atoms. The summed E-state index contributed by atoms with van der Waals surface area (Å²) in [7, 11) is 1.85. The minimum absolute atomic E-state index is 0.00511. The van der Waals surface area contributed by atoms with E-state index >= 15 is 0 Å². The van der Waals surface area contributed by atoms with E-state index in [1.807, 2.05) is 38.2 Å². The van der Waals surface area contributed by atoms with Crippen LogP contribution in [0, 0.1) is 0 Å². The first-order chi connectivity index (χ1) is 8.22. The number of likely N-dealkylation sites (N-methyl/N-ethyl adjacent to an activating group) is 1. The number of rotatable bonds is 4. The summed E-state index contributed by atoms with van der Waals surface area (Å²) in [4.78, 5) is 11.3. The smallest absolute Gasteiger partial charge is 0.257 e. The van der Waals surface area contributed by atoms with Gasteiger partial charge in [0.05, 0.1) is 10.9 Å². The van der Waals surface area contributed by atoms with Crippen LogP contribution in [0.3, 0.4) is 0 Å². The zero-order chi connectivity index (χ0) is 12.3. The first-order valence-corrected chi connectivity index (χ1v) is 5.53. The molecule has 0 saturated heterocycles. The molecule has 1 heterocycles. The number of carbonyl (C=O) groups is 1. The lowest BCUT2D eigenvalue weighted by molar-refractivity contribution is -0.123. The van der Waals surface area contributed by atoms with Gasteiger partial charge >= 0.3 is 0 Å². The van der Waals surface area contributed by atoms with Crippen LogP contribution in [0.15, 0.2) is 24.3 Å². The lowest BCUT2D eigenvalue weighted by Crippen LogP contribution is -2.28. The maximum Gasteiger partial charge on any atom is 0.257 e. The van der Waals surface area contributed by atoms with Crippen molar-refractivity contribution in [3.8, 4) is 5.88 Å². The van der Waals surface area contributed by atoms with Crippen LogP contribution in [-0.2, 0) is 11.8 Å². The summed E-state index contributed by atoms with van der Waals surface area (Å²) in [5.41, 5.74) is 0.985. The van der Waals surface area contributed by atoms with Crippen molar-refractivity contribution in [3.05, 3.63) is 24.3 Å². The zero-order valence-corrected chi connectivity index (χ0v) is 9.93. The number of amides is 1. The number of aryl methyl sites for hydroxylation is 1. The lowest BCUT2D eigenvalue weighted by atomic mass is 10.2. The first-order valence-electron chi connectivity index (χ1n) is 5.53. The molecule has 90 valence electrons. The first kappa shape index (κ1) is 11.4. The lowest BCUT2D eigenvalue weighted by Gasteiger charge is -2.03. The van der Waals surface area contributed by atoms with E-state index in [-0.39, 0.29) is 12.5 Å². The van der Waals surface area contributed by atoms with E-state index < -0.39 is 0 Å². The van der Waals surface area contributed by atoms with Gasteiger partial charge in [0, 0.05) is 13.6 Å². The van der Waals surface area contributed by atoms with Gasteiger partial charge in [-0.15, -0.1) is 5.10 Å². The molecule has 0 aliphatic rings. The van der Waals surface area contributed by atoms with E-state index in [0.717, 1.165) is 10.9 Å². The molecule has 2 rings (SSSR count). The summed E-state index contributed by atoms with van der Waals surface area (Å²) >= 11 is 0. The van der Waals surface area contributed by atoms with E-state index in [9.17, 15) is 4.79 Å². The molecule has 0 radical (unpaired) electrons. The molecule has 1 amide bonds. The second-order valence-corrected chi connectivity index (χ2v) is 3.69. The molecular formula is C12H15N3O2. The van der Waals surface area contributed by atoms with Gasteiger partial charge < -0.3 is 10.1 Å². The average Bonchev–Trinajstić information content (AvgIpc) is 2.65. The number of hydrogen-bond donors (Lipinski definition) is 1. The van der Waals surface area contributed by atoms with Gasteiger partial charge in [-0.05, 0) is 19.1 Å². The van der Waals surface area contributed by atoms with Crippen LogP contribution in [0.4, 0.5) is 0 Å². The largest absolute Gasteiger partial charge is 0.466 e. The molecule has 1 aromatic carbocycles. The number of benzene rings is 1. The van der Waals surface area contributed by atoms with Crippen molar-refractivity contribution in [2.24, 2.45) is 7.05 Å². The van der Waals surface area contributed by atoms with Crippen LogP contribution >= 0.6 is 0 Å². The van der Waals surface area contributed by atoms with Gasteiger partial charge in [0.1, 0.15) is 0 Å². The summed E-state index contributed by atoms with van der Waals surface area (Å²) < 4.78 is 7.15. The number of aromatic nitrogens is 2. The molecule has 0 spiro atoms. The molecular weight excluding hydrogens is 218 g/mol. The summed E-state index contributed by atoms with van der Waals surface area (Å²) in [6, 6.07) is 7.75. The number of para-hydroxylation sites is 1. The number of nitrogens with one attached hydrogen (secondary N) is 1. The van der Waals surface area contributed by atoms with Gasteiger partial charge in [-0.2, -0.15) is 0 Å². The maximum absolute atomic E-state index is 11.3. The van der Waals surface area contributed by atoms with Gasteiger partial charge in [-0.1, -0.05) is 12.1 Å². The summed E-state index contributed by atoms with van der Waals surface area (Å²) in [5.74, 6) is 0.358. The van der Waals surface area contributed by atoms with Crippen molar-refractivity contribution >= 4 is 16.8 Å². The summed E-state index contributed by atoms with van der Waals surface area (Å²) in [6.07, 6.45) is 0. The van der Waals surface area contributed by atoms with Gasteiger partial charge in [0.25, 0.3) is 5.91 Å². The highest BCUT2D eigenvalue weighted by Crippen LogP contribution is 2.23. The fourth-order valence-corrected chi connectivity index (χ4v) is 1.67. The molecule has 2 aromatic rings. The molecule has 0 aliphatic carbocycles. The minimum atomic E-state index is -0.137. The van der Waals surface area contributed by atoms with Crippen LogP contribution in [0.5, 0.6) is 5.88 Å². The van der Waals surface area contributed by atoms with E-state index in [1.165, 1.54) is 0 Å². The van der Waals surface area contributed by atoms with E-state index in [0.29, 0.717) is 12.4 Å². The second-order valence-electron chi connectivity index (χ2n) is 3.69. The molecule has 0 saturated carbocycles. The highest BCUT2D eigenvalue weighted by atomic mass is 16.5. The van der Waals surface area contributed by atoms with Gasteiger partial charge in [0.15, 0.2) is 6.61 Å². The van der Waals surface area contributed by atoms with E-state index in [4.69, 9.17) is 4.74 Å². The predicted octanol–water partition coefficient (Wildman–Crippen LogP) is 1.09. The molecule has 5 nitrogen and oxygen atoms in total. The zero-order valence-electron chi connectivity index (χ0n) is 9.93. The molecule has 5 heteroatoms. The van der Waals surface area contributed by atoms with Crippen LogP contribution in [0.1, 0.15) is 6.92 Å². The molecule has 0 bridgehead atoms. The number of ether oxygens (including phenoxy) is 1. The summed E-state index contributed by atoms with van der Waals surface area (Å²) in [5, 5.41) is 7.82. The normalized spacial score (nSPS) is 10.5.